The van der Waals surface area contributed by atoms with Crippen molar-refractivity contribution in [3.63, 3.8) is 0 Å². The third kappa shape index (κ3) is 3.32. The number of nitrogens with zero attached hydrogens (tertiary/aromatic N) is 1. The lowest BCUT2D eigenvalue weighted by Crippen LogP contribution is -2.29. The number of aromatic amines is 1. The van der Waals surface area contributed by atoms with Gasteiger partial charge in [0.15, 0.2) is 0 Å². The van der Waals surface area contributed by atoms with Gasteiger partial charge in [-0.1, -0.05) is 0 Å². The van der Waals surface area contributed by atoms with Gasteiger partial charge < -0.3 is 15.2 Å². The maximum Gasteiger partial charge on any atom is 0.356 e. The van der Waals surface area contributed by atoms with Crippen molar-refractivity contribution in [2.45, 2.75) is 26.4 Å². The maximum atomic E-state index is 11.5. The smallest absolute Gasteiger partial charge is 0.356 e. The summed E-state index contributed by atoms with van der Waals surface area (Å²) in [6, 6.07) is -0.0232. The SMILES string of the molecule is CCOC(=O)c1[nH]ncc1CN[C@@H](C)CO. The number of H-pyrrole nitrogens is 1. The Kier molecular flexibility index (Phi) is 4.94. The van der Waals surface area contributed by atoms with Crippen LogP contribution in [0.5, 0.6) is 0 Å². The molecule has 1 heterocycles. The lowest BCUT2D eigenvalue weighted by molar-refractivity contribution is 0.0518. The van der Waals surface area contributed by atoms with E-state index in [0.717, 1.165) is 5.56 Å². The first kappa shape index (κ1) is 12.7. The Morgan fingerprint density at radius 1 is 1.75 bits per heavy atom. The largest absolute Gasteiger partial charge is 0.461 e. The second kappa shape index (κ2) is 6.24. The zero-order valence-electron chi connectivity index (χ0n) is 9.49. The van der Waals surface area contributed by atoms with E-state index in [1.165, 1.54) is 0 Å². The van der Waals surface area contributed by atoms with Crippen molar-refractivity contribution in [2.75, 3.05) is 13.2 Å². The normalized spacial score (nSPS) is 12.4. The summed E-state index contributed by atoms with van der Waals surface area (Å²) in [5, 5.41) is 18.3. The van der Waals surface area contributed by atoms with Gasteiger partial charge in [-0.05, 0) is 13.8 Å². The molecule has 16 heavy (non-hydrogen) atoms. The van der Waals surface area contributed by atoms with E-state index in [9.17, 15) is 4.79 Å². The van der Waals surface area contributed by atoms with E-state index >= 15 is 0 Å². The Balaban J connectivity index is 2.60. The third-order valence-corrected chi connectivity index (χ3v) is 2.11. The van der Waals surface area contributed by atoms with Crippen LogP contribution >= 0.6 is 0 Å². The van der Waals surface area contributed by atoms with Crippen LogP contribution in [0, 0.1) is 0 Å². The summed E-state index contributed by atoms with van der Waals surface area (Å²) in [6.07, 6.45) is 1.57. The van der Waals surface area contributed by atoms with Crippen molar-refractivity contribution in [1.82, 2.24) is 15.5 Å². The molecule has 0 spiro atoms. The topological polar surface area (TPSA) is 87.2 Å². The molecule has 6 heteroatoms. The summed E-state index contributed by atoms with van der Waals surface area (Å²) >= 11 is 0. The van der Waals surface area contributed by atoms with Crippen molar-refractivity contribution >= 4 is 5.97 Å². The van der Waals surface area contributed by atoms with Gasteiger partial charge in [-0.25, -0.2) is 4.79 Å². The molecule has 1 aromatic rings. The monoisotopic (exact) mass is 227 g/mol. The van der Waals surface area contributed by atoms with Gasteiger partial charge in [-0.15, -0.1) is 0 Å². The number of hydrogen-bond donors (Lipinski definition) is 3. The average Bonchev–Trinajstić information content (AvgIpc) is 2.74. The number of rotatable bonds is 6. The first-order chi connectivity index (χ1) is 7.69. The molecule has 1 rings (SSSR count). The Morgan fingerprint density at radius 2 is 2.50 bits per heavy atom. The summed E-state index contributed by atoms with van der Waals surface area (Å²) in [5.74, 6) is -0.409. The molecule has 0 radical (unpaired) electrons. The van der Waals surface area contributed by atoms with Gasteiger partial charge >= 0.3 is 5.97 Å². The Labute approximate surface area is 94.0 Å². The lowest BCUT2D eigenvalue weighted by atomic mass is 10.2. The van der Waals surface area contributed by atoms with Crippen LogP contribution in [0.15, 0.2) is 6.20 Å². The molecule has 0 aliphatic heterocycles. The van der Waals surface area contributed by atoms with Crippen molar-refractivity contribution in [2.24, 2.45) is 0 Å². The minimum Gasteiger partial charge on any atom is -0.461 e. The van der Waals surface area contributed by atoms with Crippen LogP contribution in [0.1, 0.15) is 29.9 Å². The van der Waals surface area contributed by atoms with Gasteiger partial charge in [-0.3, -0.25) is 5.10 Å². The number of carbonyl (C=O) groups is 1. The van der Waals surface area contributed by atoms with Crippen LogP contribution in [-0.2, 0) is 11.3 Å². The Morgan fingerprint density at radius 3 is 3.12 bits per heavy atom. The van der Waals surface area contributed by atoms with Gasteiger partial charge in [0.2, 0.25) is 0 Å². The predicted molar refractivity (Wildman–Crippen MR) is 57.9 cm³/mol. The number of carbonyl (C=O) groups excluding carboxylic acids is 1. The minimum atomic E-state index is -0.409. The summed E-state index contributed by atoms with van der Waals surface area (Å²) < 4.78 is 4.87. The van der Waals surface area contributed by atoms with Crippen LogP contribution in [-0.4, -0.2) is 40.5 Å². The molecule has 1 atom stereocenters. The molecule has 0 unspecified atom stereocenters. The fourth-order valence-electron chi connectivity index (χ4n) is 1.17. The van der Waals surface area contributed by atoms with Crippen molar-refractivity contribution in [3.05, 3.63) is 17.5 Å². The molecule has 90 valence electrons. The summed E-state index contributed by atoms with van der Waals surface area (Å²) in [5.41, 5.74) is 1.10. The number of aliphatic hydroxyl groups excluding tert-OH is 1. The number of hydrogen-bond acceptors (Lipinski definition) is 5. The maximum absolute atomic E-state index is 11.5. The number of nitrogens with one attached hydrogen (secondary N) is 2. The quantitative estimate of drug-likeness (QED) is 0.598. The standard InChI is InChI=1S/C10H17N3O3/c1-3-16-10(15)9-8(5-12-13-9)4-11-7(2)6-14/h5,7,11,14H,3-4,6H2,1-2H3,(H,12,13)/t7-/m0/s1. The average molecular weight is 227 g/mol. The van der Waals surface area contributed by atoms with Crippen LogP contribution in [0.4, 0.5) is 0 Å². The molecule has 0 bridgehead atoms. The Hall–Kier alpha value is -1.40. The highest BCUT2D eigenvalue weighted by molar-refractivity contribution is 5.88. The summed E-state index contributed by atoms with van der Waals surface area (Å²) in [6.45, 7) is 4.45. The van der Waals surface area contributed by atoms with Gasteiger partial charge in [0.25, 0.3) is 0 Å². The zero-order chi connectivity index (χ0) is 12.0. The molecule has 0 aliphatic rings. The van der Waals surface area contributed by atoms with Crippen molar-refractivity contribution < 1.29 is 14.6 Å². The van der Waals surface area contributed by atoms with Crippen LogP contribution < -0.4 is 5.32 Å². The van der Waals surface area contributed by atoms with Crippen LogP contribution in [0.2, 0.25) is 0 Å². The van der Waals surface area contributed by atoms with E-state index in [4.69, 9.17) is 9.84 Å². The molecule has 6 nitrogen and oxygen atoms in total. The summed E-state index contributed by atoms with van der Waals surface area (Å²) in [7, 11) is 0. The van der Waals surface area contributed by atoms with Crippen LogP contribution in [0.3, 0.4) is 0 Å². The van der Waals surface area contributed by atoms with E-state index < -0.39 is 5.97 Å². The van der Waals surface area contributed by atoms with Gasteiger partial charge in [-0.2, -0.15) is 5.10 Å². The zero-order valence-corrected chi connectivity index (χ0v) is 9.49. The molecule has 0 fully saturated rings. The molecule has 0 amide bonds. The van der Waals surface area contributed by atoms with Gasteiger partial charge in [0.05, 0.1) is 19.4 Å². The second-order valence-electron chi connectivity index (χ2n) is 3.46. The number of aromatic nitrogens is 2. The van der Waals surface area contributed by atoms with E-state index in [1.807, 2.05) is 6.92 Å². The van der Waals surface area contributed by atoms with E-state index in [2.05, 4.69) is 15.5 Å². The molecule has 0 saturated carbocycles. The predicted octanol–water partition coefficient (Wildman–Crippen LogP) is 0.0568. The number of esters is 1. The molecule has 3 N–H and O–H groups in total. The number of aliphatic hydroxyl groups is 1. The molecular weight excluding hydrogens is 210 g/mol. The fourth-order valence-corrected chi connectivity index (χ4v) is 1.17. The highest BCUT2D eigenvalue weighted by atomic mass is 16.5. The molecule has 1 aromatic heterocycles. The molecule has 0 aliphatic carbocycles. The first-order valence-electron chi connectivity index (χ1n) is 5.22. The first-order valence-corrected chi connectivity index (χ1v) is 5.22. The van der Waals surface area contributed by atoms with E-state index in [0.29, 0.717) is 18.8 Å². The van der Waals surface area contributed by atoms with Crippen LogP contribution in [0.25, 0.3) is 0 Å². The summed E-state index contributed by atoms with van der Waals surface area (Å²) in [4.78, 5) is 11.5. The van der Waals surface area contributed by atoms with E-state index in [1.54, 1.807) is 13.1 Å². The highest BCUT2D eigenvalue weighted by Crippen LogP contribution is 2.06. The highest BCUT2D eigenvalue weighted by Gasteiger charge is 2.14. The van der Waals surface area contributed by atoms with Gasteiger partial charge in [0.1, 0.15) is 5.69 Å². The van der Waals surface area contributed by atoms with Crippen molar-refractivity contribution in [1.29, 1.82) is 0 Å². The fraction of sp³-hybridized carbons (Fsp3) is 0.600. The van der Waals surface area contributed by atoms with Crippen molar-refractivity contribution in [3.8, 4) is 0 Å². The molecule has 0 aromatic carbocycles. The molecule has 0 saturated heterocycles. The number of ether oxygens (including phenoxy) is 1. The van der Waals surface area contributed by atoms with E-state index in [-0.39, 0.29) is 12.6 Å². The third-order valence-electron chi connectivity index (χ3n) is 2.11. The second-order valence-corrected chi connectivity index (χ2v) is 3.46. The van der Waals surface area contributed by atoms with Gasteiger partial charge in [0, 0.05) is 18.2 Å². The minimum absolute atomic E-state index is 0.0232. The Bertz CT molecular complexity index is 338. The molecular formula is C10H17N3O3. The lowest BCUT2D eigenvalue weighted by Gasteiger charge is -2.10.